The Labute approximate surface area is 106 Å². The molecule has 0 saturated heterocycles. The molecule has 0 aliphatic rings. The Balaban J connectivity index is 3.38. The summed E-state index contributed by atoms with van der Waals surface area (Å²) in [5.41, 5.74) is 2.09. The van der Waals surface area contributed by atoms with Crippen molar-refractivity contribution in [3.63, 3.8) is 0 Å². The first kappa shape index (κ1) is 14.0. The maximum absolute atomic E-state index is 11.0. The number of ether oxygens (including phenoxy) is 2. The van der Waals surface area contributed by atoms with Crippen molar-refractivity contribution < 1.29 is 19.1 Å². The Bertz CT molecular complexity index is 515. The monoisotopic (exact) mass is 248 g/mol. The summed E-state index contributed by atoms with van der Waals surface area (Å²) in [5.74, 6) is 0.102. The molecule has 1 aromatic carbocycles. The maximum atomic E-state index is 11.0. The van der Waals surface area contributed by atoms with Crippen LogP contribution in [-0.4, -0.2) is 11.9 Å². The molecule has 0 bridgehead atoms. The highest BCUT2D eigenvalue weighted by molar-refractivity contribution is 5.76. The van der Waals surface area contributed by atoms with Crippen LogP contribution in [0.4, 0.5) is 0 Å². The zero-order valence-corrected chi connectivity index (χ0v) is 11.0. The molecule has 0 aromatic heterocycles. The van der Waals surface area contributed by atoms with Gasteiger partial charge >= 0.3 is 11.9 Å². The summed E-state index contributed by atoms with van der Waals surface area (Å²) >= 11 is 0. The molecule has 1 aromatic rings. The van der Waals surface area contributed by atoms with E-state index in [2.05, 4.69) is 6.58 Å². The highest BCUT2D eigenvalue weighted by Crippen LogP contribution is 2.34. The van der Waals surface area contributed by atoms with Crippen LogP contribution in [0, 0.1) is 13.8 Å². The molecule has 0 aliphatic heterocycles. The van der Waals surface area contributed by atoms with Crippen molar-refractivity contribution in [3.05, 3.63) is 29.3 Å². The van der Waals surface area contributed by atoms with Gasteiger partial charge in [0.15, 0.2) is 0 Å². The number of hydrogen-bond donors (Lipinski definition) is 0. The van der Waals surface area contributed by atoms with Crippen LogP contribution in [0.15, 0.2) is 12.6 Å². The SMILES string of the molecule is C=Cc1c(OC(C)=O)cc(C)c(OC(C)=O)c1C. The molecule has 0 aliphatic carbocycles. The summed E-state index contributed by atoms with van der Waals surface area (Å²) in [6.45, 7) is 9.92. The van der Waals surface area contributed by atoms with Gasteiger partial charge in [0.25, 0.3) is 0 Å². The van der Waals surface area contributed by atoms with Gasteiger partial charge in [0, 0.05) is 25.0 Å². The summed E-state index contributed by atoms with van der Waals surface area (Å²) in [7, 11) is 0. The van der Waals surface area contributed by atoms with E-state index >= 15 is 0 Å². The summed E-state index contributed by atoms with van der Waals surface area (Å²) in [5, 5.41) is 0. The summed E-state index contributed by atoms with van der Waals surface area (Å²) in [4.78, 5) is 22.1. The van der Waals surface area contributed by atoms with E-state index in [-0.39, 0.29) is 0 Å². The van der Waals surface area contributed by atoms with E-state index in [1.807, 2.05) is 0 Å². The lowest BCUT2D eigenvalue weighted by molar-refractivity contribution is -0.133. The number of aryl methyl sites for hydroxylation is 1. The van der Waals surface area contributed by atoms with Crippen molar-refractivity contribution in [2.45, 2.75) is 27.7 Å². The normalized spacial score (nSPS) is 9.78. The predicted octanol–water partition coefficient (Wildman–Crippen LogP) is 2.80. The van der Waals surface area contributed by atoms with Crippen LogP contribution < -0.4 is 9.47 Å². The van der Waals surface area contributed by atoms with E-state index in [1.165, 1.54) is 13.8 Å². The van der Waals surface area contributed by atoms with E-state index in [9.17, 15) is 9.59 Å². The van der Waals surface area contributed by atoms with E-state index in [0.717, 1.165) is 11.1 Å². The molecular weight excluding hydrogens is 232 g/mol. The largest absolute Gasteiger partial charge is 0.426 e. The Morgan fingerprint density at radius 1 is 1.17 bits per heavy atom. The van der Waals surface area contributed by atoms with Crippen LogP contribution in [-0.2, 0) is 9.59 Å². The van der Waals surface area contributed by atoms with Gasteiger partial charge in [-0.05, 0) is 25.5 Å². The highest BCUT2D eigenvalue weighted by atomic mass is 16.5. The molecule has 0 unspecified atom stereocenters. The third-order valence-electron chi connectivity index (χ3n) is 2.42. The van der Waals surface area contributed by atoms with Crippen LogP contribution >= 0.6 is 0 Å². The second-order valence-electron chi connectivity index (χ2n) is 3.95. The quantitative estimate of drug-likeness (QED) is 0.609. The lowest BCUT2D eigenvalue weighted by Crippen LogP contribution is -2.08. The molecule has 0 heterocycles. The average molecular weight is 248 g/mol. The van der Waals surface area contributed by atoms with E-state index in [1.54, 1.807) is 26.0 Å². The number of carbonyl (C=O) groups excluding carboxylic acids is 2. The lowest BCUT2D eigenvalue weighted by Gasteiger charge is -2.15. The number of rotatable bonds is 3. The van der Waals surface area contributed by atoms with E-state index in [4.69, 9.17) is 9.47 Å². The van der Waals surface area contributed by atoms with Crippen molar-refractivity contribution in [2.24, 2.45) is 0 Å². The van der Waals surface area contributed by atoms with E-state index < -0.39 is 11.9 Å². The molecule has 0 spiro atoms. The topological polar surface area (TPSA) is 52.6 Å². The molecule has 0 radical (unpaired) electrons. The third-order valence-corrected chi connectivity index (χ3v) is 2.42. The standard InChI is InChI=1S/C14H16O4/c1-6-12-9(3)14(18-11(5)16)8(2)7-13(12)17-10(4)15/h6-7H,1H2,2-5H3. The number of esters is 2. The smallest absolute Gasteiger partial charge is 0.308 e. The third kappa shape index (κ3) is 2.97. The zero-order valence-electron chi connectivity index (χ0n) is 11.0. The van der Waals surface area contributed by atoms with Crippen molar-refractivity contribution >= 4 is 18.0 Å². The molecule has 0 fully saturated rings. The second-order valence-corrected chi connectivity index (χ2v) is 3.95. The molecule has 0 saturated carbocycles. The Morgan fingerprint density at radius 3 is 2.17 bits per heavy atom. The molecule has 4 nitrogen and oxygen atoms in total. The van der Waals surface area contributed by atoms with Crippen LogP contribution in [0.25, 0.3) is 6.08 Å². The van der Waals surface area contributed by atoms with Gasteiger partial charge in [-0.15, -0.1) is 0 Å². The number of hydrogen-bond acceptors (Lipinski definition) is 4. The van der Waals surface area contributed by atoms with Gasteiger partial charge in [-0.25, -0.2) is 0 Å². The van der Waals surface area contributed by atoms with Gasteiger partial charge in [-0.1, -0.05) is 12.7 Å². The molecule has 1 rings (SSSR count). The summed E-state index contributed by atoms with van der Waals surface area (Å²) in [6, 6.07) is 1.66. The van der Waals surface area contributed by atoms with Crippen LogP contribution in [0.5, 0.6) is 11.5 Å². The van der Waals surface area contributed by atoms with E-state index in [0.29, 0.717) is 17.1 Å². The molecular formula is C14H16O4. The molecule has 0 atom stereocenters. The first-order valence-corrected chi connectivity index (χ1v) is 5.50. The fraction of sp³-hybridized carbons (Fsp3) is 0.286. The lowest BCUT2D eigenvalue weighted by atomic mass is 10.0. The molecule has 0 amide bonds. The first-order valence-electron chi connectivity index (χ1n) is 5.50. The fourth-order valence-corrected chi connectivity index (χ4v) is 1.74. The minimum absolute atomic E-state index is 0.392. The van der Waals surface area contributed by atoms with Crippen molar-refractivity contribution in [1.82, 2.24) is 0 Å². The van der Waals surface area contributed by atoms with Gasteiger partial charge in [0.05, 0.1) is 0 Å². The Morgan fingerprint density at radius 2 is 1.72 bits per heavy atom. The van der Waals surface area contributed by atoms with Gasteiger partial charge in [0.1, 0.15) is 11.5 Å². The fourth-order valence-electron chi connectivity index (χ4n) is 1.74. The number of carbonyl (C=O) groups is 2. The molecule has 0 N–H and O–H groups in total. The average Bonchev–Trinajstić information content (AvgIpc) is 2.23. The molecule has 18 heavy (non-hydrogen) atoms. The molecule has 96 valence electrons. The number of benzene rings is 1. The molecule has 4 heteroatoms. The minimum atomic E-state index is -0.405. The Hall–Kier alpha value is -2.10. The van der Waals surface area contributed by atoms with Gasteiger partial charge in [-0.2, -0.15) is 0 Å². The maximum Gasteiger partial charge on any atom is 0.308 e. The van der Waals surface area contributed by atoms with Crippen molar-refractivity contribution in [1.29, 1.82) is 0 Å². The summed E-state index contributed by atoms with van der Waals surface area (Å²) in [6.07, 6.45) is 1.57. The van der Waals surface area contributed by atoms with Gasteiger partial charge in [-0.3, -0.25) is 9.59 Å². The van der Waals surface area contributed by atoms with Crippen LogP contribution in [0.3, 0.4) is 0 Å². The predicted molar refractivity (Wildman–Crippen MR) is 68.6 cm³/mol. The van der Waals surface area contributed by atoms with Crippen molar-refractivity contribution in [3.8, 4) is 11.5 Å². The van der Waals surface area contributed by atoms with Gasteiger partial charge < -0.3 is 9.47 Å². The second kappa shape index (κ2) is 5.49. The van der Waals surface area contributed by atoms with Crippen molar-refractivity contribution in [2.75, 3.05) is 0 Å². The Kier molecular flexibility index (Phi) is 4.26. The minimum Gasteiger partial charge on any atom is -0.426 e. The zero-order chi connectivity index (χ0) is 13.9. The van der Waals surface area contributed by atoms with Gasteiger partial charge in [0.2, 0.25) is 0 Å². The summed E-state index contributed by atoms with van der Waals surface area (Å²) < 4.78 is 10.3. The van der Waals surface area contributed by atoms with Crippen LogP contribution in [0.1, 0.15) is 30.5 Å². The van der Waals surface area contributed by atoms with Crippen LogP contribution in [0.2, 0.25) is 0 Å². The first-order chi connectivity index (χ1) is 8.36. The highest BCUT2D eigenvalue weighted by Gasteiger charge is 2.15.